The summed E-state index contributed by atoms with van der Waals surface area (Å²) >= 11 is 0. The van der Waals surface area contributed by atoms with E-state index in [0.29, 0.717) is 24.5 Å². The molecule has 6 heteroatoms. The fraction of sp³-hybridized carbons (Fsp3) is 0.318. The van der Waals surface area contributed by atoms with Gasteiger partial charge in [0.15, 0.2) is 0 Å². The maximum Gasteiger partial charge on any atom is 0.340 e. The second-order valence-electron chi connectivity index (χ2n) is 6.73. The number of benzene rings is 2. The molecule has 0 aliphatic heterocycles. The number of aryl methyl sites for hydroxylation is 1. The zero-order chi connectivity index (χ0) is 20.1. The summed E-state index contributed by atoms with van der Waals surface area (Å²) < 4.78 is 12.9. The van der Waals surface area contributed by atoms with Crippen LogP contribution in [-0.2, 0) is 11.8 Å². The van der Waals surface area contributed by atoms with E-state index in [1.165, 1.54) is 0 Å². The number of rotatable bonds is 8. The predicted octanol–water partition coefficient (Wildman–Crippen LogP) is 2.30. The lowest BCUT2D eigenvalue weighted by atomic mass is 10.1. The van der Waals surface area contributed by atoms with Crippen LogP contribution in [0.2, 0.25) is 0 Å². The highest BCUT2D eigenvalue weighted by Crippen LogP contribution is 2.29. The summed E-state index contributed by atoms with van der Waals surface area (Å²) in [4.78, 5) is 12.4. The first-order valence-corrected chi connectivity index (χ1v) is 9.46. The molecule has 0 fully saturated rings. The monoisotopic (exact) mass is 383 g/mol. The summed E-state index contributed by atoms with van der Waals surface area (Å²) in [6.45, 7) is 4.70. The van der Waals surface area contributed by atoms with Gasteiger partial charge in [-0.3, -0.25) is 0 Å². The zero-order valence-electron chi connectivity index (χ0n) is 16.5. The summed E-state index contributed by atoms with van der Waals surface area (Å²) in [5, 5.41) is 13.0. The minimum Gasteiger partial charge on any atom is -0.491 e. The lowest BCUT2D eigenvalue weighted by Gasteiger charge is -2.12. The molecule has 28 heavy (non-hydrogen) atoms. The number of nitrogens with two attached hydrogens (primary N) is 1. The summed E-state index contributed by atoms with van der Waals surface area (Å²) in [6, 6.07) is 15.5. The Morgan fingerprint density at radius 1 is 1.21 bits per heavy atom. The van der Waals surface area contributed by atoms with Crippen LogP contribution < -0.4 is 10.1 Å². The third-order valence-electron chi connectivity index (χ3n) is 4.81. The van der Waals surface area contributed by atoms with E-state index in [0.717, 1.165) is 22.3 Å². The van der Waals surface area contributed by atoms with Crippen LogP contribution in [0.5, 0.6) is 5.75 Å². The minimum atomic E-state index is -0.613. The van der Waals surface area contributed by atoms with Crippen molar-refractivity contribution in [3.05, 3.63) is 59.8 Å². The smallest absolute Gasteiger partial charge is 0.340 e. The van der Waals surface area contributed by atoms with Crippen LogP contribution in [0.4, 0.5) is 5.69 Å². The van der Waals surface area contributed by atoms with Gasteiger partial charge in [0.2, 0.25) is 0 Å². The van der Waals surface area contributed by atoms with Gasteiger partial charge in [0.25, 0.3) is 0 Å². The van der Waals surface area contributed by atoms with Gasteiger partial charge in [0.05, 0.1) is 12.2 Å². The van der Waals surface area contributed by atoms with Crippen LogP contribution >= 0.6 is 0 Å². The van der Waals surface area contributed by atoms with Crippen LogP contribution in [0.3, 0.4) is 0 Å². The molecule has 0 spiro atoms. The second-order valence-corrected chi connectivity index (χ2v) is 6.73. The molecule has 0 aliphatic rings. The van der Waals surface area contributed by atoms with E-state index in [9.17, 15) is 9.90 Å². The van der Waals surface area contributed by atoms with Crippen LogP contribution in [-0.4, -0.2) is 41.5 Å². The van der Waals surface area contributed by atoms with Crippen molar-refractivity contribution in [1.82, 2.24) is 4.57 Å². The van der Waals surface area contributed by atoms with Gasteiger partial charge in [-0.25, -0.2) is 4.79 Å². The molecule has 148 valence electrons. The molecule has 0 saturated heterocycles. The van der Waals surface area contributed by atoms with E-state index >= 15 is 0 Å². The van der Waals surface area contributed by atoms with Gasteiger partial charge in [-0.1, -0.05) is 18.2 Å². The number of nitrogens with zero attached hydrogens (tertiary/aromatic N) is 1. The molecular formula is C22H27N2O4+. The Balaban J connectivity index is 1.69. The Labute approximate surface area is 164 Å². The number of quaternary nitrogens is 1. The van der Waals surface area contributed by atoms with Gasteiger partial charge in [-0.15, -0.1) is 0 Å². The largest absolute Gasteiger partial charge is 0.491 e. The Morgan fingerprint density at radius 3 is 2.68 bits per heavy atom. The normalized spacial score (nSPS) is 12.1. The molecule has 0 bridgehead atoms. The van der Waals surface area contributed by atoms with E-state index in [4.69, 9.17) is 9.47 Å². The SMILES string of the molecule is CCOC(=O)c1c(C)n(C)c2ccc(OC[C@@H](O)C[NH2+]c3ccccc3)cc12. The fourth-order valence-electron chi connectivity index (χ4n) is 3.22. The Morgan fingerprint density at radius 2 is 1.96 bits per heavy atom. The number of para-hydroxylation sites is 1. The highest BCUT2D eigenvalue weighted by atomic mass is 16.5. The molecular weight excluding hydrogens is 356 g/mol. The molecule has 1 heterocycles. The molecule has 0 saturated carbocycles. The molecule has 1 aromatic heterocycles. The first kappa shape index (κ1) is 19.9. The molecule has 0 amide bonds. The molecule has 2 aromatic carbocycles. The summed E-state index contributed by atoms with van der Waals surface area (Å²) in [5.74, 6) is 0.280. The highest BCUT2D eigenvalue weighted by Gasteiger charge is 2.20. The van der Waals surface area contributed by atoms with Gasteiger partial charge in [0, 0.05) is 23.6 Å². The maximum atomic E-state index is 12.4. The number of fused-ring (bicyclic) bond motifs is 1. The molecule has 0 aliphatic carbocycles. The first-order valence-electron chi connectivity index (χ1n) is 9.46. The van der Waals surface area contributed by atoms with E-state index in [-0.39, 0.29) is 12.6 Å². The average molecular weight is 383 g/mol. The van der Waals surface area contributed by atoms with Crippen molar-refractivity contribution < 1.29 is 24.7 Å². The molecule has 3 N–H and O–H groups in total. The van der Waals surface area contributed by atoms with E-state index in [1.807, 2.05) is 72.4 Å². The standard InChI is InChI=1S/C22H26N2O4/c1-4-27-22(26)21-15(2)24(3)20-11-10-18(12-19(20)21)28-14-17(25)13-23-16-8-6-5-7-9-16/h5-12,17,23,25H,4,13-14H2,1-3H3/p+1/t17-/m0/s1. The van der Waals surface area contributed by atoms with Crippen molar-refractivity contribution in [2.45, 2.75) is 20.0 Å². The third kappa shape index (κ3) is 4.35. The van der Waals surface area contributed by atoms with Crippen molar-refractivity contribution in [3.63, 3.8) is 0 Å². The van der Waals surface area contributed by atoms with Crippen LogP contribution in [0.15, 0.2) is 48.5 Å². The lowest BCUT2D eigenvalue weighted by Crippen LogP contribution is -2.80. The quantitative estimate of drug-likeness (QED) is 0.462. The number of aliphatic hydroxyl groups is 1. The summed E-state index contributed by atoms with van der Waals surface area (Å²) in [5.41, 5.74) is 3.42. The summed E-state index contributed by atoms with van der Waals surface area (Å²) in [6.07, 6.45) is -0.613. The maximum absolute atomic E-state index is 12.4. The number of hydrogen-bond donors (Lipinski definition) is 2. The predicted molar refractivity (Wildman–Crippen MR) is 108 cm³/mol. The second kappa shape index (κ2) is 8.91. The number of aliphatic hydroxyl groups excluding tert-OH is 1. The van der Waals surface area contributed by atoms with E-state index < -0.39 is 6.10 Å². The van der Waals surface area contributed by atoms with Crippen molar-refractivity contribution in [3.8, 4) is 5.75 Å². The van der Waals surface area contributed by atoms with Gasteiger partial charge in [-0.2, -0.15) is 0 Å². The van der Waals surface area contributed by atoms with E-state index in [1.54, 1.807) is 6.92 Å². The van der Waals surface area contributed by atoms with Crippen LogP contribution in [0.1, 0.15) is 23.0 Å². The Bertz CT molecular complexity index is 950. The highest BCUT2D eigenvalue weighted by molar-refractivity contribution is 6.06. The van der Waals surface area contributed by atoms with Crippen molar-refractivity contribution in [2.75, 3.05) is 19.8 Å². The van der Waals surface area contributed by atoms with E-state index in [2.05, 4.69) is 0 Å². The number of esters is 1. The number of aromatic nitrogens is 1. The number of hydrogen-bond acceptors (Lipinski definition) is 4. The molecule has 3 aromatic rings. The topological polar surface area (TPSA) is 77.3 Å². The number of carbonyl (C=O) groups is 1. The van der Waals surface area contributed by atoms with Crippen LogP contribution in [0.25, 0.3) is 10.9 Å². The average Bonchev–Trinajstić information content (AvgIpc) is 2.95. The third-order valence-corrected chi connectivity index (χ3v) is 4.81. The minimum absolute atomic E-state index is 0.176. The van der Waals surface area contributed by atoms with Crippen molar-refractivity contribution in [1.29, 1.82) is 0 Å². The fourth-order valence-corrected chi connectivity index (χ4v) is 3.22. The molecule has 3 rings (SSSR count). The molecule has 1 atom stereocenters. The zero-order valence-corrected chi connectivity index (χ0v) is 16.5. The number of carbonyl (C=O) groups excluding carboxylic acids is 1. The molecule has 0 radical (unpaired) electrons. The molecule has 0 unspecified atom stereocenters. The van der Waals surface area contributed by atoms with Gasteiger partial charge in [0.1, 0.15) is 30.7 Å². The van der Waals surface area contributed by atoms with Crippen molar-refractivity contribution in [2.24, 2.45) is 7.05 Å². The van der Waals surface area contributed by atoms with Gasteiger partial charge < -0.3 is 24.5 Å². The number of ether oxygens (including phenoxy) is 2. The lowest BCUT2D eigenvalue weighted by molar-refractivity contribution is -0.580. The first-order chi connectivity index (χ1) is 13.5. The van der Waals surface area contributed by atoms with Crippen LogP contribution in [0, 0.1) is 6.92 Å². The molecule has 6 nitrogen and oxygen atoms in total. The van der Waals surface area contributed by atoms with Gasteiger partial charge >= 0.3 is 5.97 Å². The summed E-state index contributed by atoms with van der Waals surface area (Å²) in [7, 11) is 1.92. The van der Waals surface area contributed by atoms with Crippen molar-refractivity contribution >= 4 is 22.6 Å². The van der Waals surface area contributed by atoms with Gasteiger partial charge in [-0.05, 0) is 44.2 Å². The Kier molecular flexibility index (Phi) is 6.34. The Hall–Kier alpha value is -2.83.